The zero-order valence-corrected chi connectivity index (χ0v) is 20.1. The Labute approximate surface area is 209 Å². The molecule has 9 heteroatoms. The van der Waals surface area contributed by atoms with Crippen LogP contribution in [0.2, 0.25) is 0 Å². The molecule has 9 nitrogen and oxygen atoms in total. The Hall–Kier alpha value is -4.11. The highest BCUT2D eigenvalue weighted by Gasteiger charge is 2.40. The van der Waals surface area contributed by atoms with Gasteiger partial charge in [0, 0.05) is 24.8 Å². The number of anilines is 1. The van der Waals surface area contributed by atoms with E-state index >= 15 is 0 Å². The minimum Gasteiger partial charge on any atom is -0.377 e. The third kappa shape index (κ3) is 4.22. The van der Waals surface area contributed by atoms with Crippen molar-refractivity contribution in [1.82, 2.24) is 29.9 Å². The molecular weight excluding hydrogens is 454 g/mol. The molecule has 0 aliphatic carbocycles. The molecule has 2 aliphatic heterocycles. The highest BCUT2D eigenvalue weighted by Crippen LogP contribution is 2.28. The number of aryl methyl sites for hydroxylation is 1. The summed E-state index contributed by atoms with van der Waals surface area (Å²) in [5.41, 5.74) is 4.22. The van der Waals surface area contributed by atoms with Gasteiger partial charge in [-0.3, -0.25) is 4.79 Å². The summed E-state index contributed by atoms with van der Waals surface area (Å²) in [5, 5.41) is 8.53. The Bertz CT molecular complexity index is 1360. The van der Waals surface area contributed by atoms with Crippen molar-refractivity contribution in [2.75, 3.05) is 31.2 Å². The fourth-order valence-corrected chi connectivity index (χ4v) is 5.07. The van der Waals surface area contributed by atoms with Crippen molar-refractivity contribution < 1.29 is 9.53 Å². The van der Waals surface area contributed by atoms with Crippen LogP contribution in [0.4, 0.5) is 5.95 Å². The summed E-state index contributed by atoms with van der Waals surface area (Å²) in [6, 6.07) is 17.7. The molecule has 2 aromatic carbocycles. The number of fused-ring (bicyclic) bond motifs is 2. The van der Waals surface area contributed by atoms with Gasteiger partial charge >= 0.3 is 0 Å². The number of hydrogen-bond acceptors (Lipinski definition) is 7. The molecule has 0 saturated carbocycles. The van der Waals surface area contributed by atoms with Gasteiger partial charge in [-0.1, -0.05) is 42.0 Å². The average molecular weight is 482 g/mol. The van der Waals surface area contributed by atoms with Gasteiger partial charge < -0.3 is 14.5 Å². The fraction of sp³-hybridized carbons (Fsp3) is 0.296. The molecule has 0 radical (unpaired) electrons. The molecule has 36 heavy (non-hydrogen) atoms. The summed E-state index contributed by atoms with van der Waals surface area (Å²) in [6.07, 6.45) is 5.80. The predicted octanol–water partition coefficient (Wildman–Crippen LogP) is 3.15. The van der Waals surface area contributed by atoms with E-state index in [-0.39, 0.29) is 18.0 Å². The highest BCUT2D eigenvalue weighted by atomic mass is 16.5. The largest absolute Gasteiger partial charge is 0.377 e. The predicted molar refractivity (Wildman–Crippen MR) is 135 cm³/mol. The average Bonchev–Trinajstić information content (AvgIpc) is 3.43. The number of benzene rings is 2. The van der Waals surface area contributed by atoms with Gasteiger partial charge in [0.25, 0.3) is 5.91 Å². The molecular formula is C27H27N7O2. The minimum atomic E-state index is -0.123. The zero-order valence-electron chi connectivity index (χ0n) is 20.1. The Balaban J connectivity index is 1.31. The zero-order chi connectivity index (χ0) is 24.5. The molecule has 6 rings (SSSR count). The van der Waals surface area contributed by atoms with Crippen molar-refractivity contribution in [3.05, 3.63) is 84.3 Å². The maximum atomic E-state index is 14.1. The Morgan fingerprint density at radius 1 is 0.972 bits per heavy atom. The third-order valence-corrected chi connectivity index (χ3v) is 6.82. The van der Waals surface area contributed by atoms with Gasteiger partial charge in [0.15, 0.2) is 0 Å². The van der Waals surface area contributed by atoms with Gasteiger partial charge in [0.1, 0.15) is 0 Å². The number of nitrogens with zero attached hydrogens (tertiary/aromatic N) is 7. The molecule has 0 spiro atoms. The van der Waals surface area contributed by atoms with Crippen LogP contribution in [0.5, 0.6) is 0 Å². The minimum absolute atomic E-state index is 0.0231. The molecule has 2 fully saturated rings. The molecule has 2 saturated heterocycles. The van der Waals surface area contributed by atoms with Crippen molar-refractivity contribution in [3.63, 3.8) is 0 Å². The highest BCUT2D eigenvalue weighted by molar-refractivity contribution is 5.98. The lowest BCUT2D eigenvalue weighted by Gasteiger charge is -2.40. The molecule has 4 aromatic rings. The molecule has 2 aliphatic rings. The smallest absolute Gasteiger partial charge is 0.256 e. The first-order valence-corrected chi connectivity index (χ1v) is 12.2. The van der Waals surface area contributed by atoms with Crippen molar-refractivity contribution >= 4 is 11.9 Å². The van der Waals surface area contributed by atoms with Crippen LogP contribution in [-0.2, 0) is 4.74 Å². The maximum absolute atomic E-state index is 14.1. The van der Waals surface area contributed by atoms with E-state index in [9.17, 15) is 4.79 Å². The first kappa shape index (κ1) is 22.4. The summed E-state index contributed by atoms with van der Waals surface area (Å²) in [7, 11) is 0. The Morgan fingerprint density at radius 2 is 1.78 bits per heavy atom. The quantitative estimate of drug-likeness (QED) is 0.442. The van der Waals surface area contributed by atoms with E-state index in [2.05, 4.69) is 20.1 Å². The monoisotopic (exact) mass is 481 g/mol. The molecule has 4 heterocycles. The molecule has 182 valence electrons. The number of carbonyl (C=O) groups is 1. The molecule has 2 atom stereocenters. The number of aromatic nitrogens is 5. The molecule has 2 unspecified atom stereocenters. The molecule has 2 bridgehead atoms. The van der Waals surface area contributed by atoms with E-state index in [0.29, 0.717) is 37.0 Å². The lowest BCUT2D eigenvalue weighted by molar-refractivity contribution is -0.0293. The SMILES string of the molecule is Cc1ccc(-n2nccn2)c(C(=O)N2C3CCN(c4nccc(-c5ccccc5)n4)CC2COC3)c1. The van der Waals surface area contributed by atoms with Crippen LogP contribution in [-0.4, -0.2) is 74.2 Å². The van der Waals surface area contributed by atoms with E-state index in [1.807, 2.05) is 66.4 Å². The van der Waals surface area contributed by atoms with Crippen molar-refractivity contribution in [1.29, 1.82) is 0 Å². The maximum Gasteiger partial charge on any atom is 0.256 e. The standard InChI is InChI=1S/C27H27N7O2/c1-19-7-8-25(34-29-12-13-30-34)23(15-19)26(35)33-21-10-14-32(16-22(33)18-36-17-21)27-28-11-9-24(31-27)20-5-3-2-4-6-20/h2-9,11-13,15,21-22H,10,14,16-18H2,1H3. The van der Waals surface area contributed by atoms with E-state index in [1.165, 1.54) is 4.80 Å². The number of carbonyl (C=O) groups excluding carboxylic acids is 1. The van der Waals surface area contributed by atoms with Gasteiger partial charge in [-0.2, -0.15) is 15.0 Å². The normalized spacial score (nSPS) is 19.7. The number of ether oxygens (including phenoxy) is 1. The number of morpholine rings is 1. The van der Waals surface area contributed by atoms with Crippen LogP contribution in [0, 0.1) is 6.92 Å². The van der Waals surface area contributed by atoms with Crippen LogP contribution in [0.25, 0.3) is 16.9 Å². The second-order valence-electron chi connectivity index (χ2n) is 9.24. The number of hydrogen-bond donors (Lipinski definition) is 0. The Morgan fingerprint density at radius 3 is 2.61 bits per heavy atom. The van der Waals surface area contributed by atoms with Crippen molar-refractivity contribution in [2.45, 2.75) is 25.4 Å². The lowest BCUT2D eigenvalue weighted by Crippen LogP contribution is -2.56. The van der Waals surface area contributed by atoms with Crippen LogP contribution in [0.1, 0.15) is 22.3 Å². The van der Waals surface area contributed by atoms with E-state index in [4.69, 9.17) is 9.72 Å². The fourth-order valence-electron chi connectivity index (χ4n) is 5.07. The number of rotatable bonds is 4. The van der Waals surface area contributed by atoms with Gasteiger partial charge in [0.05, 0.1) is 54.6 Å². The van der Waals surface area contributed by atoms with E-state index in [0.717, 1.165) is 29.8 Å². The van der Waals surface area contributed by atoms with Crippen molar-refractivity contribution in [3.8, 4) is 16.9 Å². The van der Waals surface area contributed by atoms with Gasteiger partial charge in [-0.15, -0.1) is 0 Å². The molecule has 1 amide bonds. The van der Waals surface area contributed by atoms with Crippen LogP contribution in [0.15, 0.2) is 73.2 Å². The first-order valence-electron chi connectivity index (χ1n) is 12.2. The second-order valence-corrected chi connectivity index (χ2v) is 9.24. The topological polar surface area (TPSA) is 89.3 Å². The third-order valence-electron chi connectivity index (χ3n) is 6.82. The van der Waals surface area contributed by atoms with Crippen LogP contribution >= 0.6 is 0 Å². The van der Waals surface area contributed by atoms with E-state index in [1.54, 1.807) is 18.6 Å². The second kappa shape index (κ2) is 9.50. The van der Waals surface area contributed by atoms with Crippen LogP contribution in [0.3, 0.4) is 0 Å². The first-order chi connectivity index (χ1) is 17.7. The summed E-state index contributed by atoms with van der Waals surface area (Å²) in [5.74, 6) is 0.651. The summed E-state index contributed by atoms with van der Waals surface area (Å²) in [6.45, 7) is 4.32. The summed E-state index contributed by atoms with van der Waals surface area (Å²) in [4.78, 5) is 29.2. The van der Waals surface area contributed by atoms with Gasteiger partial charge in [-0.05, 0) is 31.5 Å². The van der Waals surface area contributed by atoms with Crippen LogP contribution < -0.4 is 4.90 Å². The summed E-state index contributed by atoms with van der Waals surface area (Å²) >= 11 is 0. The van der Waals surface area contributed by atoms with Gasteiger partial charge in [0.2, 0.25) is 5.95 Å². The summed E-state index contributed by atoms with van der Waals surface area (Å²) < 4.78 is 5.94. The number of amides is 1. The molecule has 0 N–H and O–H groups in total. The molecule has 2 aromatic heterocycles. The lowest BCUT2D eigenvalue weighted by atomic mass is 10.0. The van der Waals surface area contributed by atoms with Crippen molar-refractivity contribution in [2.24, 2.45) is 0 Å². The van der Waals surface area contributed by atoms with E-state index < -0.39 is 0 Å². The Kier molecular flexibility index (Phi) is 5.90. The van der Waals surface area contributed by atoms with Gasteiger partial charge in [-0.25, -0.2) is 9.97 Å².